The molecule has 0 atom stereocenters. The Kier molecular flexibility index (Phi) is 5.19. The van der Waals surface area contributed by atoms with Crippen LogP contribution in [-0.2, 0) is 4.79 Å². The van der Waals surface area contributed by atoms with E-state index >= 15 is 0 Å². The number of halogens is 1. The average molecular weight is 325 g/mol. The Morgan fingerprint density at radius 3 is 2.67 bits per heavy atom. The second-order valence-corrected chi connectivity index (χ2v) is 5.35. The Hall–Kier alpha value is -2.05. The zero-order valence-corrected chi connectivity index (χ0v) is 12.8. The summed E-state index contributed by atoms with van der Waals surface area (Å²) in [6.45, 7) is 0. The number of ether oxygens (including phenoxy) is 1. The van der Waals surface area contributed by atoms with E-state index < -0.39 is 0 Å². The van der Waals surface area contributed by atoms with Crippen LogP contribution in [0.15, 0.2) is 36.4 Å². The van der Waals surface area contributed by atoms with E-state index in [4.69, 9.17) is 16.3 Å². The lowest BCUT2D eigenvalue weighted by Gasteiger charge is -2.08. The van der Waals surface area contributed by atoms with Crippen LogP contribution in [0.3, 0.4) is 0 Å². The minimum Gasteiger partial charge on any atom is -0.495 e. The van der Waals surface area contributed by atoms with Crippen molar-refractivity contribution in [2.75, 3.05) is 23.6 Å². The molecule has 1 heterocycles. The molecule has 2 aromatic rings. The maximum atomic E-state index is 12.2. The number of para-hydroxylation sites is 2. The van der Waals surface area contributed by atoms with Crippen LogP contribution in [0, 0.1) is 0 Å². The minimum absolute atomic E-state index is 0.124. The summed E-state index contributed by atoms with van der Waals surface area (Å²) in [4.78, 5) is 23.8. The lowest BCUT2D eigenvalue weighted by Crippen LogP contribution is -2.12. The highest BCUT2D eigenvalue weighted by Gasteiger charge is 2.12. The van der Waals surface area contributed by atoms with Gasteiger partial charge >= 0.3 is 0 Å². The SMILES string of the molecule is COc1ccccc1NC(=O)c1ccc(NC(=O)CCl)s1. The predicted octanol–water partition coefficient (Wildman–Crippen LogP) is 3.19. The molecule has 21 heavy (non-hydrogen) atoms. The molecular weight excluding hydrogens is 312 g/mol. The van der Waals surface area contributed by atoms with Crippen molar-refractivity contribution >= 4 is 45.4 Å². The van der Waals surface area contributed by atoms with E-state index in [9.17, 15) is 9.59 Å². The highest BCUT2D eigenvalue weighted by Crippen LogP contribution is 2.26. The molecule has 0 saturated carbocycles. The van der Waals surface area contributed by atoms with Gasteiger partial charge in [0, 0.05) is 0 Å². The molecule has 0 fully saturated rings. The van der Waals surface area contributed by atoms with Crippen LogP contribution < -0.4 is 15.4 Å². The van der Waals surface area contributed by atoms with Gasteiger partial charge in [0.25, 0.3) is 5.91 Å². The molecule has 0 saturated heterocycles. The Balaban J connectivity index is 2.08. The monoisotopic (exact) mass is 324 g/mol. The summed E-state index contributed by atoms with van der Waals surface area (Å²) in [7, 11) is 1.54. The number of hydrogen-bond acceptors (Lipinski definition) is 4. The smallest absolute Gasteiger partial charge is 0.265 e. The van der Waals surface area contributed by atoms with E-state index in [2.05, 4.69) is 10.6 Å². The second-order valence-electron chi connectivity index (χ2n) is 4.00. The van der Waals surface area contributed by atoms with Gasteiger partial charge in [-0.05, 0) is 24.3 Å². The molecule has 2 N–H and O–H groups in total. The van der Waals surface area contributed by atoms with Crippen LogP contribution in [0.1, 0.15) is 9.67 Å². The van der Waals surface area contributed by atoms with Gasteiger partial charge in [0.15, 0.2) is 0 Å². The Morgan fingerprint density at radius 1 is 1.19 bits per heavy atom. The lowest BCUT2D eigenvalue weighted by molar-refractivity contribution is -0.113. The van der Waals surface area contributed by atoms with Crippen LogP contribution in [0.2, 0.25) is 0 Å². The van der Waals surface area contributed by atoms with Crippen molar-refractivity contribution in [3.8, 4) is 5.75 Å². The number of amides is 2. The van der Waals surface area contributed by atoms with Gasteiger partial charge in [0.2, 0.25) is 5.91 Å². The maximum absolute atomic E-state index is 12.2. The van der Waals surface area contributed by atoms with Gasteiger partial charge in [-0.15, -0.1) is 22.9 Å². The molecule has 0 aliphatic rings. The number of thiophene rings is 1. The van der Waals surface area contributed by atoms with Crippen molar-refractivity contribution in [3.63, 3.8) is 0 Å². The number of rotatable bonds is 5. The van der Waals surface area contributed by atoms with Crippen LogP contribution >= 0.6 is 22.9 Å². The molecule has 2 rings (SSSR count). The number of nitrogens with one attached hydrogen (secondary N) is 2. The van der Waals surface area contributed by atoms with E-state index in [0.29, 0.717) is 21.3 Å². The molecule has 2 amide bonds. The van der Waals surface area contributed by atoms with Crippen molar-refractivity contribution in [2.24, 2.45) is 0 Å². The van der Waals surface area contributed by atoms with Gasteiger partial charge in [0.05, 0.1) is 22.7 Å². The summed E-state index contributed by atoms with van der Waals surface area (Å²) >= 11 is 6.59. The maximum Gasteiger partial charge on any atom is 0.265 e. The standard InChI is InChI=1S/C14H13ClN2O3S/c1-20-10-5-3-2-4-9(10)16-14(19)11-6-7-13(21-11)17-12(18)8-15/h2-7H,8H2,1H3,(H,16,19)(H,17,18). The van der Waals surface area contributed by atoms with Crippen LogP contribution in [0.5, 0.6) is 5.75 Å². The molecule has 0 radical (unpaired) electrons. The van der Waals surface area contributed by atoms with Gasteiger partial charge in [0.1, 0.15) is 11.6 Å². The summed E-state index contributed by atoms with van der Waals surface area (Å²) < 4.78 is 5.17. The zero-order valence-electron chi connectivity index (χ0n) is 11.2. The quantitative estimate of drug-likeness (QED) is 0.830. The van der Waals surface area contributed by atoms with Gasteiger partial charge in [-0.1, -0.05) is 12.1 Å². The van der Waals surface area contributed by atoms with Crippen LogP contribution in [0.25, 0.3) is 0 Å². The highest BCUT2D eigenvalue weighted by molar-refractivity contribution is 7.18. The van der Waals surface area contributed by atoms with Gasteiger partial charge in [-0.3, -0.25) is 9.59 Å². The van der Waals surface area contributed by atoms with E-state index in [1.807, 2.05) is 6.07 Å². The Labute approximate surface area is 130 Å². The summed E-state index contributed by atoms with van der Waals surface area (Å²) in [5.74, 6) is -0.121. The van der Waals surface area contributed by atoms with Crippen molar-refractivity contribution in [1.82, 2.24) is 0 Å². The van der Waals surface area contributed by atoms with Crippen LogP contribution in [0.4, 0.5) is 10.7 Å². The third-order valence-corrected chi connectivity index (χ3v) is 3.81. The normalized spacial score (nSPS) is 10.0. The van der Waals surface area contributed by atoms with E-state index in [1.54, 1.807) is 30.3 Å². The lowest BCUT2D eigenvalue weighted by atomic mass is 10.3. The van der Waals surface area contributed by atoms with Crippen molar-refractivity contribution < 1.29 is 14.3 Å². The van der Waals surface area contributed by atoms with Gasteiger partial charge in [-0.25, -0.2) is 0 Å². The fraction of sp³-hybridized carbons (Fsp3) is 0.143. The van der Waals surface area contributed by atoms with Crippen molar-refractivity contribution in [3.05, 3.63) is 41.3 Å². The molecule has 7 heteroatoms. The van der Waals surface area contributed by atoms with Gasteiger partial charge in [-0.2, -0.15) is 0 Å². The first-order valence-electron chi connectivity index (χ1n) is 6.04. The first kappa shape index (κ1) is 15.3. The van der Waals surface area contributed by atoms with Crippen LogP contribution in [-0.4, -0.2) is 24.8 Å². The minimum atomic E-state index is -0.310. The molecule has 0 aliphatic heterocycles. The predicted molar refractivity (Wildman–Crippen MR) is 84.6 cm³/mol. The summed E-state index contributed by atoms with van der Waals surface area (Å²) in [5, 5.41) is 5.94. The van der Waals surface area contributed by atoms with E-state index in [1.165, 1.54) is 18.4 Å². The fourth-order valence-electron chi connectivity index (χ4n) is 1.63. The highest BCUT2D eigenvalue weighted by atomic mass is 35.5. The first-order valence-corrected chi connectivity index (χ1v) is 7.39. The molecule has 1 aromatic heterocycles. The summed E-state index contributed by atoms with van der Waals surface area (Å²) in [6, 6.07) is 10.4. The number of anilines is 2. The van der Waals surface area contributed by atoms with Crippen molar-refractivity contribution in [1.29, 1.82) is 0 Å². The number of carbonyl (C=O) groups excluding carboxylic acids is 2. The Morgan fingerprint density at radius 2 is 1.95 bits per heavy atom. The number of benzene rings is 1. The molecule has 5 nitrogen and oxygen atoms in total. The molecule has 0 unspecified atom stereocenters. The number of carbonyl (C=O) groups is 2. The summed E-state index contributed by atoms with van der Waals surface area (Å²) in [6.07, 6.45) is 0. The van der Waals surface area contributed by atoms with Crippen molar-refractivity contribution in [2.45, 2.75) is 0 Å². The largest absolute Gasteiger partial charge is 0.495 e. The fourth-order valence-corrected chi connectivity index (χ4v) is 2.51. The number of hydrogen-bond donors (Lipinski definition) is 2. The van der Waals surface area contributed by atoms with E-state index in [0.717, 1.165) is 0 Å². The Bertz CT molecular complexity index is 657. The first-order chi connectivity index (χ1) is 10.1. The third-order valence-electron chi connectivity index (χ3n) is 2.57. The zero-order chi connectivity index (χ0) is 15.2. The second kappa shape index (κ2) is 7.10. The number of methoxy groups -OCH3 is 1. The third kappa shape index (κ3) is 3.96. The molecule has 0 aliphatic carbocycles. The van der Waals surface area contributed by atoms with E-state index in [-0.39, 0.29) is 17.7 Å². The average Bonchev–Trinajstić information content (AvgIpc) is 2.96. The van der Waals surface area contributed by atoms with Gasteiger partial charge < -0.3 is 15.4 Å². The molecule has 110 valence electrons. The molecule has 0 bridgehead atoms. The number of alkyl halides is 1. The topological polar surface area (TPSA) is 67.4 Å². The molecule has 1 aromatic carbocycles. The summed E-state index contributed by atoms with van der Waals surface area (Å²) in [5.41, 5.74) is 0.588. The molecule has 0 spiro atoms. The molecular formula is C14H13ClN2O3S.